The van der Waals surface area contributed by atoms with Crippen LogP contribution in [0.25, 0.3) is 0 Å². The quantitative estimate of drug-likeness (QED) is 0.698. The Kier molecular flexibility index (Phi) is 4.52. The average molecular weight is 298 g/mol. The van der Waals surface area contributed by atoms with Crippen LogP contribution in [-0.2, 0) is 10.0 Å². The lowest BCUT2D eigenvalue weighted by Gasteiger charge is -2.23. The Balaban J connectivity index is 2.07. The van der Waals surface area contributed by atoms with E-state index in [0.717, 1.165) is 19.6 Å². The summed E-state index contributed by atoms with van der Waals surface area (Å²) in [7, 11) is -3.71. The minimum atomic E-state index is -3.71. The van der Waals surface area contributed by atoms with Gasteiger partial charge in [0.25, 0.3) is 0 Å². The zero-order valence-corrected chi connectivity index (χ0v) is 12.5. The normalized spacial score (nSPS) is 18.1. The summed E-state index contributed by atoms with van der Waals surface area (Å²) in [4.78, 5) is 2.46. The van der Waals surface area contributed by atoms with Crippen molar-refractivity contribution in [3.05, 3.63) is 18.2 Å². The number of rotatable bonds is 5. The number of nitrogens with zero attached hydrogens (tertiary/aromatic N) is 1. The number of hydrogen-bond acceptors (Lipinski definition) is 5. The van der Waals surface area contributed by atoms with Crippen molar-refractivity contribution in [3.8, 4) is 0 Å². The van der Waals surface area contributed by atoms with Crippen molar-refractivity contribution in [3.63, 3.8) is 0 Å². The Morgan fingerprint density at radius 1 is 1.35 bits per heavy atom. The lowest BCUT2D eigenvalue weighted by atomic mass is 10.2. The van der Waals surface area contributed by atoms with Crippen LogP contribution in [0.15, 0.2) is 23.1 Å². The largest absolute Gasteiger partial charge is 0.397 e. The summed E-state index contributed by atoms with van der Waals surface area (Å²) in [6.07, 6.45) is 2.49. The van der Waals surface area contributed by atoms with Crippen molar-refractivity contribution in [2.24, 2.45) is 5.14 Å². The van der Waals surface area contributed by atoms with Gasteiger partial charge < -0.3 is 16.0 Å². The third-order valence-corrected chi connectivity index (χ3v) is 4.40. The fourth-order valence-corrected chi connectivity index (χ4v) is 3.04. The molecule has 1 aliphatic heterocycles. The van der Waals surface area contributed by atoms with E-state index in [-0.39, 0.29) is 10.9 Å². The van der Waals surface area contributed by atoms with Gasteiger partial charge in [-0.3, -0.25) is 0 Å². The molecule has 0 saturated carbocycles. The molecule has 1 aromatic rings. The number of likely N-dealkylation sites (tertiary alicyclic amines) is 1. The first kappa shape index (κ1) is 15.1. The van der Waals surface area contributed by atoms with Crippen LogP contribution < -0.4 is 16.2 Å². The van der Waals surface area contributed by atoms with Crippen LogP contribution in [-0.4, -0.2) is 39.0 Å². The molecule has 0 bridgehead atoms. The Labute approximate surface area is 120 Å². The van der Waals surface area contributed by atoms with E-state index in [4.69, 9.17) is 10.9 Å². The molecule has 1 unspecified atom stereocenters. The van der Waals surface area contributed by atoms with Gasteiger partial charge in [0, 0.05) is 12.6 Å². The van der Waals surface area contributed by atoms with Gasteiger partial charge in [0.1, 0.15) is 0 Å². The van der Waals surface area contributed by atoms with Gasteiger partial charge in [-0.15, -0.1) is 0 Å². The molecule has 1 fully saturated rings. The number of primary sulfonamides is 1. The number of anilines is 2. The number of nitrogens with two attached hydrogens (primary N) is 2. The van der Waals surface area contributed by atoms with Gasteiger partial charge in [-0.05, 0) is 51.1 Å². The molecule has 112 valence electrons. The van der Waals surface area contributed by atoms with E-state index < -0.39 is 10.0 Å². The standard InChI is InChI=1S/C13H22N4O2S/c1-10(9-17-6-2-3-7-17)16-13-8-11(20(15,18)19)4-5-12(13)14/h4-5,8,10,16H,2-3,6-7,9,14H2,1H3,(H2,15,18,19). The van der Waals surface area contributed by atoms with E-state index >= 15 is 0 Å². The SMILES string of the molecule is CC(CN1CCCC1)Nc1cc(S(N)(=O)=O)ccc1N. The zero-order valence-electron chi connectivity index (χ0n) is 11.7. The number of sulfonamides is 1. The first-order chi connectivity index (χ1) is 9.36. The van der Waals surface area contributed by atoms with Crippen LogP contribution in [0.2, 0.25) is 0 Å². The molecule has 0 aromatic heterocycles. The molecule has 0 radical (unpaired) electrons. The van der Waals surface area contributed by atoms with Crippen LogP contribution in [0, 0.1) is 0 Å². The van der Waals surface area contributed by atoms with Gasteiger partial charge in [0.2, 0.25) is 10.0 Å². The summed E-state index contributed by atoms with van der Waals surface area (Å²) in [6.45, 7) is 5.22. The van der Waals surface area contributed by atoms with Crippen LogP contribution in [0.5, 0.6) is 0 Å². The minimum Gasteiger partial charge on any atom is -0.397 e. The van der Waals surface area contributed by atoms with Crippen LogP contribution in [0.4, 0.5) is 11.4 Å². The molecular weight excluding hydrogens is 276 g/mol. The van der Waals surface area contributed by atoms with E-state index in [2.05, 4.69) is 17.1 Å². The Hall–Kier alpha value is -1.31. The molecule has 0 spiro atoms. The summed E-state index contributed by atoms with van der Waals surface area (Å²) >= 11 is 0. The second-order valence-corrected chi connectivity index (χ2v) is 6.91. The molecule has 1 saturated heterocycles. The summed E-state index contributed by atoms with van der Waals surface area (Å²) in [6, 6.07) is 4.66. The van der Waals surface area contributed by atoms with Crippen LogP contribution in [0.1, 0.15) is 19.8 Å². The van der Waals surface area contributed by atoms with E-state index in [1.165, 1.54) is 25.0 Å². The van der Waals surface area contributed by atoms with Crippen LogP contribution in [0.3, 0.4) is 0 Å². The molecule has 1 aliphatic rings. The van der Waals surface area contributed by atoms with Crippen molar-refractivity contribution >= 4 is 21.4 Å². The third-order valence-electron chi connectivity index (χ3n) is 3.49. The Morgan fingerprint density at radius 2 is 2.00 bits per heavy atom. The average Bonchev–Trinajstić information content (AvgIpc) is 2.83. The van der Waals surface area contributed by atoms with Crippen molar-refractivity contribution in [2.75, 3.05) is 30.7 Å². The molecule has 6 nitrogen and oxygen atoms in total. The lowest BCUT2D eigenvalue weighted by molar-refractivity contribution is 0.328. The highest BCUT2D eigenvalue weighted by molar-refractivity contribution is 7.89. The van der Waals surface area contributed by atoms with Crippen LogP contribution >= 0.6 is 0 Å². The predicted octanol–water partition coefficient (Wildman–Crippen LogP) is 0.812. The minimum absolute atomic E-state index is 0.0718. The van der Waals surface area contributed by atoms with Gasteiger partial charge in [0.05, 0.1) is 16.3 Å². The van der Waals surface area contributed by atoms with Crippen molar-refractivity contribution in [1.29, 1.82) is 0 Å². The molecule has 1 aromatic carbocycles. The Morgan fingerprint density at radius 3 is 2.60 bits per heavy atom. The zero-order chi connectivity index (χ0) is 14.8. The molecule has 0 amide bonds. The topological polar surface area (TPSA) is 101 Å². The summed E-state index contributed by atoms with van der Waals surface area (Å²) < 4.78 is 22.7. The molecule has 20 heavy (non-hydrogen) atoms. The van der Waals surface area contributed by atoms with Gasteiger partial charge in [0.15, 0.2) is 0 Å². The van der Waals surface area contributed by atoms with Gasteiger partial charge in [-0.2, -0.15) is 0 Å². The van der Waals surface area contributed by atoms with E-state index in [0.29, 0.717) is 11.4 Å². The Bertz CT molecular complexity index is 568. The fraction of sp³-hybridized carbons (Fsp3) is 0.538. The van der Waals surface area contributed by atoms with Crippen molar-refractivity contribution in [1.82, 2.24) is 4.90 Å². The second-order valence-electron chi connectivity index (χ2n) is 5.35. The summed E-state index contributed by atoms with van der Waals surface area (Å²) in [5, 5.41) is 8.40. The lowest BCUT2D eigenvalue weighted by Crippen LogP contribution is -2.33. The monoisotopic (exact) mass is 298 g/mol. The maximum atomic E-state index is 11.4. The first-order valence-corrected chi connectivity index (χ1v) is 8.32. The predicted molar refractivity (Wildman–Crippen MR) is 81.0 cm³/mol. The second kappa shape index (κ2) is 5.99. The molecular formula is C13H22N4O2S. The van der Waals surface area contributed by atoms with Crippen molar-refractivity contribution < 1.29 is 8.42 Å². The van der Waals surface area contributed by atoms with Crippen molar-refractivity contribution in [2.45, 2.75) is 30.7 Å². The maximum Gasteiger partial charge on any atom is 0.238 e. The number of nitrogens with one attached hydrogen (secondary N) is 1. The highest BCUT2D eigenvalue weighted by Crippen LogP contribution is 2.23. The molecule has 5 N–H and O–H groups in total. The molecule has 7 heteroatoms. The van der Waals surface area contributed by atoms with Gasteiger partial charge in [-0.1, -0.05) is 0 Å². The molecule has 0 aliphatic carbocycles. The molecule has 1 atom stereocenters. The summed E-state index contributed by atoms with van der Waals surface area (Å²) in [5.41, 5.74) is 7.01. The van der Waals surface area contributed by atoms with E-state index in [1.807, 2.05) is 0 Å². The highest BCUT2D eigenvalue weighted by atomic mass is 32.2. The first-order valence-electron chi connectivity index (χ1n) is 6.77. The van der Waals surface area contributed by atoms with Gasteiger partial charge >= 0.3 is 0 Å². The summed E-state index contributed by atoms with van der Waals surface area (Å²) in [5.74, 6) is 0. The highest BCUT2D eigenvalue weighted by Gasteiger charge is 2.16. The van der Waals surface area contributed by atoms with E-state index in [1.54, 1.807) is 6.07 Å². The van der Waals surface area contributed by atoms with E-state index in [9.17, 15) is 8.42 Å². The third kappa shape index (κ3) is 3.84. The van der Waals surface area contributed by atoms with Gasteiger partial charge in [-0.25, -0.2) is 13.6 Å². The molecule has 1 heterocycles. The smallest absolute Gasteiger partial charge is 0.238 e. The number of hydrogen-bond donors (Lipinski definition) is 3. The maximum absolute atomic E-state index is 11.4. The number of nitrogen functional groups attached to an aromatic ring is 1. The number of benzene rings is 1. The molecule has 2 rings (SSSR count). The fourth-order valence-electron chi connectivity index (χ4n) is 2.50.